The van der Waals surface area contributed by atoms with Gasteiger partial charge in [0, 0.05) is 17.0 Å². The molecule has 0 atom stereocenters. The van der Waals surface area contributed by atoms with E-state index in [1.54, 1.807) is 0 Å². The van der Waals surface area contributed by atoms with Gasteiger partial charge in [0.25, 0.3) is 0 Å². The van der Waals surface area contributed by atoms with E-state index in [2.05, 4.69) is 205 Å². The number of aromatic nitrogens is 4. The first kappa shape index (κ1) is 31.9. The van der Waals surface area contributed by atoms with Gasteiger partial charge in [-0.2, -0.15) is 4.57 Å². The van der Waals surface area contributed by atoms with Gasteiger partial charge in [0.2, 0.25) is 6.33 Å². The highest BCUT2D eigenvalue weighted by molar-refractivity contribution is 7.00. The van der Waals surface area contributed by atoms with E-state index in [1.165, 1.54) is 60.1 Å². The summed E-state index contributed by atoms with van der Waals surface area (Å²) in [7, 11) is -2.15. The normalized spacial score (nSPS) is 12.0. The van der Waals surface area contributed by atoms with E-state index in [0.717, 1.165) is 16.9 Å². The van der Waals surface area contributed by atoms with Crippen LogP contribution in [-0.2, 0) is 0 Å². The van der Waals surface area contributed by atoms with Gasteiger partial charge < -0.3 is 0 Å². The minimum atomic E-state index is -2.15. The molecule has 0 aliphatic heterocycles. The zero-order valence-corrected chi connectivity index (χ0v) is 31.0. The van der Waals surface area contributed by atoms with Crippen molar-refractivity contribution in [2.24, 2.45) is 0 Å². The fraction of sp³-hybridized carbons (Fsp3) is 0.106. The average molecular weight is 690 g/mol. The van der Waals surface area contributed by atoms with E-state index in [0.29, 0.717) is 6.04 Å². The molecule has 4 nitrogen and oxygen atoms in total. The first-order chi connectivity index (χ1) is 25.4. The highest BCUT2D eigenvalue weighted by Gasteiger charge is 2.29. The smallest absolute Gasteiger partial charge is 0.250 e. The lowest BCUT2D eigenvalue weighted by Gasteiger charge is -2.24. The lowest BCUT2D eigenvalue weighted by molar-refractivity contribution is -0.691. The Morgan fingerprint density at radius 3 is 2.04 bits per heavy atom. The Balaban J connectivity index is 1.17. The van der Waals surface area contributed by atoms with Crippen LogP contribution in [0, 0.1) is 0 Å². The molecule has 0 amide bonds. The molecule has 0 fully saturated rings. The van der Waals surface area contributed by atoms with E-state index < -0.39 is 8.07 Å². The van der Waals surface area contributed by atoms with Crippen molar-refractivity contribution in [1.29, 1.82) is 0 Å². The molecule has 0 saturated carbocycles. The minimum absolute atomic E-state index is 0.368. The summed E-state index contributed by atoms with van der Waals surface area (Å²) in [5, 5.41) is 5.27. The molecule has 9 rings (SSSR count). The number of nitrogens with zero attached hydrogens (tertiary/aromatic N) is 4. The molecule has 9 aromatic rings. The van der Waals surface area contributed by atoms with Crippen molar-refractivity contribution in [3.05, 3.63) is 170 Å². The highest BCUT2D eigenvalue weighted by Crippen LogP contribution is 2.35. The minimum Gasteiger partial charge on any atom is -0.294 e. The van der Waals surface area contributed by atoms with E-state index in [9.17, 15) is 0 Å². The standard InChI is InChI=1S/C47H41N4Si/c1-33(2)49-32-50(45-24-13-12-23-44(45)49)36-17-14-18-37(30-36)52(3,4)38-25-26-42-41-21-10-11-22-43(41)51(46(42)31-38)47-29-35(27-28-48-47)40-20-9-8-19-39(40)34-15-6-5-7-16-34/h5-33H,1-4H3/q+1. The number of para-hydroxylation sites is 3. The SMILES string of the molecule is CC(C)[n+]1cn(-c2cccc([Si](C)(C)c3ccc4c5ccccc5n(-c5cc(-c6ccccc6-c6ccccc6)ccn5)c4c3)c2)c2ccccc21. The van der Waals surface area contributed by atoms with Gasteiger partial charge in [-0.25, -0.2) is 9.55 Å². The number of benzene rings is 6. The molecule has 6 aromatic carbocycles. The third kappa shape index (κ3) is 5.28. The van der Waals surface area contributed by atoms with Crippen molar-refractivity contribution in [2.75, 3.05) is 0 Å². The summed E-state index contributed by atoms with van der Waals surface area (Å²) in [6.45, 7) is 9.44. The monoisotopic (exact) mass is 689 g/mol. The van der Waals surface area contributed by atoms with E-state index in [-0.39, 0.29) is 0 Å². The second kappa shape index (κ2) is 12.6. The number of fused-ring (bicyclic) bond motifs is 4. The third-order valence-corrected chi connectivity index (χ3v) is 14.3. The van der Waals surface area contributed by atoms with Crippen LogP contribution in [0.5, 0.6) is 0 Å². The Bertz CT molecular complexity index is 2750. The van der Waals surface area contributed by atoms with Crippen LogP contribution in [0.4, 0.5) is 0 Å². The van der Waals surface area contributed by atoms with Crippen molar-refractivity contribution in [3.63, 3.8) is 0 Å². The topological polar surface area (TPSA) is 26.6 Å². The molecule has 252 valence electrons. The van der Waals surface area contributed by atoms with E-state index in [4.69, 9.17) is 4.98 Å². The van der Waals surface area contributed by atoms with Crippen LogP contribution < -0.4 is 14.9 Å². The van der Waals surface area contributed by atoms with Gasteiger partial charge in [0.1, 0.15) is 19.6 Å². The van der Waals surface area contributed by atoms with Gasteiger partial charge in [0.05, 0.1) is 17.1 Å². The molecule has 5 heteroatoms. The summed E-state index contributed by atoms with van der Waals surface area (Å²) in [5.41, 5.74) is 10.8. The van der Waals surface area contributed by atoms with Crippen LogP contribution in [0.1, 0.15) is 19.9 Å². The summed E-state index contributed by atoms with van der Waals surface area (Å²) in [5.74, 6) is 0.920. The second-order valence-corrected chi connectivity index (χ2v) is 19.0. The number of pyridine rings is 1. The van der Waals surface area contributed by atoms with Gasteiger partial charge in [-0.05, 0) is 84.6 Å². The average Bonchev–Trinajstić information content (AvgIpc) is 3.75. The first-order valence-corrected chi connectivity index (χ1v) is 21.2. The Hall–Kier alpha value is -6.04. The van der Waals surface area contributed by atoms with Crippen LogP contribution >= 0.6 is 0 Å². The second-order valence-electron chi connectivity index (χ2n) is 14.5. The van der Waals surface area contributed by atoms with Crippen LogP contribution in [-0.4, -0.2) is 22.2 Å². The van der Waals surface area contributed by atoms with Crippen LogP contribution in [0.25, 0.3) is 66.6 Å². The van der Waals surface area contributed by atoms with Crippen molar-refractivity contribution >= 4 is 51.3 Å². The van der Waals surface area contributed by atoms with Gasteiger partial charge in [-0.1, -0.05) is 133 Å². The van der Waals surface area contributed by atoms with Crippen LogP contribution in [0.15, 0.2) is 170 Å². The molecule has 0 unspecified atom stereocenters. The Morgan fingerprint density at radius 1 is 0.558 bits per heavy atom. The largest absolute Gasteiger partial charge is 0.294 e. The highest BCUT2D eigenvalue weighted by atomic mass is 28.3. The third-order valence-electron chi connectivity index (χ3n) is 10.8. The molecule has 0 bridgehead atoms. The summed E-state index contributed by atoms with van der Waals surface area (Å²) in [6, 6.07) is 57.8. The first-order valence-electron chi connectivity index (χ1n) is 18.2. The molecular weight excluding hydrogens is 649 g/mol. The van der Waals surface area contributed by atoms with Gasteiger partial charge >= 0.3 is 0 Å². The van der Waals surface area contributed by atoms with Gasteiger partial charge in [-0.15, -0.1) is 0 Å². The van der Waals surface area contributed by atoms with E-state index in [1.807, 2.05) is 6.20 Å². The molecule has 0 N–H and O–H groups in total. The van der Waals surface area contributed by atoms with Crippen molar-refractivity contribution in [3.8, 4) is 33.8 Å². The number of hydrogen-bond acceptors (Lipinski definition) is 1. The zero-order chi connectivity index (χ0) is 35.4. The van der Waals surface area contributed by atoms with Crippen molar-refractivity contribution in [2.45, 2.75) is 33.0 Å². The maximum absolute atomic E-state index is 5.01. The lowest BCUT2D eigenvalue weighted by Crippen LogP contribution is -2.52. The number of rotatable bonds is 7. The molecule has 0 aliphatic carbocycles. The van der Waals surface area contributed by atoms with E-state index >= 15 is 0 Å². The molecule has 0 radical (unpaired) electrons. The fourth-order valence-corrected chi connectivity index (χ4v) is 10.2. The Labute approximate surface area is 305 Å². The Morgan fingerprint density at radius 2 is 1.23 bits per heavy atom. The number of imidazole rings is 1. The zero-order valence-electron chi connectivity index (χ0n) is 30.0. The van der Waals surface area contributed by atoms with Crippen molar-refractivity contribution in [1.82, 2.24) is 14.1 Å². The van der Waals surface area contributed by atoms with Gasteiger partial charge in [-0.3, -0.25) is 4.57 Å². The molecule has 52 heavy (non-hydrogen) atoms. The predicted molar refractivity (Wildman–Crippen MR) is 220 cm³/mol. The van der Waals surface area contributed by atoms with Crippen molar-refractivity contribution < 1.29 is 4.57 Å². The predicted octanol–water partition coefficient (Wildman–Crippen LogP) is 10.1. The lowest BCUT2D eigenvalue weighted by atomic mass is 9.95. The molecule has 0 saturated heterocycles. The summed E-state index contributed by atoms with van der Waals surface area (Å²) in [4.78, 5) is 5.01. The summed E-state index contributed by atoms with van der Waals surface area (Å²) < 4.78 is 7.07. The summed E-state index contributed by atoms with van der Waals surface area (Å²) >= 11 is 0. The molecule has 3 heterocycles. The molecule has 0 spiro atoms. The van der Waals surface area contributed by atoms with Gasteiger partial charge in [0.15, 0.2) is 11.0 Å². The quantitative estimate of drug-likeness (QED) is 0.121. The maximum Gasteiger partial charge on any atom is 0.250 e. The van der Waals surface area contributed by atoms with Crippen LogP contribution in [0.2, 0.25) is 13.1 Å². The maximum atomic E-state index is 5.01. The molecule has 3 aromatic heterocycles. The molecule has 0 aliphatic rings. The number of hydrogen-bond donors (Lipinski definition) is 0. The fourth-order valence-electron chi connectivity index (χ4n) is 7.88. The molecular formula is C47H41N4Si+. The van der Waals surface area contributed by atoms with Crippen LogP contribution in [0.3, 0.4) is 0 Å². The summed E-state index contributed by atoms with van der Waals surface area (Å²) in [6.07, 6.45) is 4.21. The Kier molecular flexibility index (Phi) is 7.74.